The van der Waals surface area contributed by atoms with Gasteiger partial charge in [-0.2, -0.15) is 0 Å². The van der Waals surface area contributed by atoms with Crippen molar-refractivity contribution >= 4 is 16.9 Å². The molecule has 0 unspecified atom stereocenters. The maximum atomic E-state index is 12.7. The van der Waals surface area contributed by atoms with Gasteiger partial charge in [-0.25, -0.2) is 0 Å². The zero-order chi connectivity index (χ0) is 25.3. The monoisotopic (exact) mass is 488 g/mol. The minimum absolute atomic E-state index is 0.00236. The van der Waals surface area contributed by atoms with Crippen LogP contribution < -0.4 is 14.9 Å². The van der Waals surface area contributed by atoms with E-state index in [1.807, 2.05) is 0 Å². The van der Waals surface area contributed by atoms with Crippen molar-refractivity contribution in [1.29, 1.82) is 0 Å². The Hall–Kier alpha value is -3.64. The van der Waals surface area contributed by atoms with Gasteiger partial charge in [0.25, 0.3) is 0 Å². The van der Waals surface area contributed by atoms with Crippen molar-refractivity contribution in [3.63, 3.8) is 0 Å². The number of carbonyl (C=O) groups excluding carboxylic acids is 1. The number of aliphatic hydroxyl groups is 3. The second-order valence-corrected chi connectivity index (χ2v) is 7.92. The van der Waals surface area contributed by atoms with Crippen molar-refractivity contribution < 1.29 is 48.6 Å². The van der Waals surface area contributed by atoms with E-state index in [2.05, 4.69) is 0 Å². The van der Waals surface area contributed by atoms with Gasteiger partial charge in [-0.3, -0.25) is 9.59 Å². The Bertz CT molecular complexity index is 1270. The molecule has 2 aromatic carbocycles. The summed E-state index contributed by atoms with van der Waals surface area (Å²) in [5.74, 6) is -0.405. The highest BCUT2D eigenvalue weighted by atomic mass is 16.7. The normalized spacial score (nSPS) is 24.2. The quantitative estimate of drug-likeness (QED) is 0.365. The molecule has 4 rings (SSSR count). The number of aromatic hydroxyl groups is 1. The van der Waals surface area contributed by atoms with Gasteiger partial charge in [0, 0.05) is 30.7 Å². The first-order valence-corrected chi connectivity index (χ1v) is 10.6. The highest BCUT2D eigenvalue weighted by molar-refractivity contribution is 5.86. The summed E-state index contributed by atoms with van der Waals surface area (Å²) in [5.41, 5.74) is 0.0909. The number of benzene rings is 2. The van der Waals surface area contributed by atoms with Crippen molar-refractivity contribution in [1.82, 2.24) is 0 Å². The molecule has 1 aromatic heterocycles. The lowest BCUT2D eigenvalue weighted by molar-refractivity contribution is -0.281. The molecule has 1 aliphatic rings. The van der Waals surface area contributed by atoms with E-state index in [4.69, 9.17) is 23.4 Å². The Morgan fingerprint density at radius 3 is 2.40 bits per heavy atom. The molecule has 2 heterocycles. The molecule has 3 aromatic rings. The molecule has 0 aliphatic carbocycles. The van der Waals surface area contributed by atoms with E-state index in [0.29, 0.717) is 11.3 Å². The molecule has 0 bridgehead atoms. The molecule has 186 valence electrons. The maximum Gasteiger partial charge on any atom is 0.303 e. The molecular weight excluding hydrogens is 464 g/mol. The van der Waals surface area contributed by atoms with Crippen LogP contribution in [0.5, 0.6) is 17.2 Å². The topological polar surface area (TPSA) is 165 Å². The van der Waals surface area contributed by atoms with E-state index in [9.17, 15) is 30.0 Å². The lowest BCUT2D eigenvalue weighted by Gasteiger charge is -2.41. The summed E-state index contributed by atoms with van der Waals surface area (Å²) < 4.78 is 27.2. The van der Waals surface area contributed by atoms with Gasteiger partial charge in [-0.1, -0.05) is 0 Å². The summed E-state index contributed by atoms with van der Waals surface area (Å²) >= 11 is 0. The van der Waals surface area contributed by atoms with Crippen LogP contribution in [0.1, 0.15) is 6.92 Å². The number of methoxy groups -OCH3 is 1. The third-order valence-electron chi connectivity index (χ3n) is 5.54. The third-order valence-corrected chi connectivity index (χ3v) is 5.54. The Kier molecular flexibility index (Phi) is 6.94. The molecular formula is C24H24O11. The van der Waals surface area contributed by atoms with E-state index in [-0.39, 0.29) is 22.5 Å². The van der Waals surface area contributed by atoms with Crippen molar-refractivity contribution in [2.24, 2.45) is 0 Å². The van der Waals surface area contributed by atoms with Crippen LogP contribution in [0.3, 0.4) is 0 Å². The first-order chi connectivity index (χ1) is 16.7. The zero-order valence-corrected chi connectivity index (χ0v) is 18.8. The van der Waals surface area contributed by atoms with Crippen molar-refractivity contribution in [2.75, 3.05) is 13.7 Å². The van der Waals surface area contributed by atoms with Crippen LogP contribution in [0.4, 0.5) is 0 Å². The zero-order valence-electron chi connectivity index (χ0n) is 18.8. The van der Waals surface area contributed by atoms with Gasteiger partial charge in [-0.05, 0) is 24.3 Å². The van der Waals surface area contributed by atoms with E-state index in [0.717, 1.165) is 13.0 Å². The SMILES string of the molecule is COc1ccc(-c2cc(=O)c3c(O)cc(O[C@H]4O[C@@H](CO)[C@H](O)[C@@H](O)[C@@H]4OC(C)=O)cc3o2)cc1. The van der Waals surface area contributed by atoms with Gasteiger partial charge in [0.2, 0.25) is 6.29 Å². The van der Waals surface area contributed by atoms with Gasteiger partial charge in [0.05, 0.1) is 13.7 Å². The Labute approximate surface area is 198 Å². The standard InChI is InChI=1S/C24H24O11/c1-11(26)32-23-22(30)21(29)19(10-25)35-24(23)33-14-7-15(27)20-16(28)9-17(34-18(20)8-14)12-3-5-13(31-2)6-4-12/h3-9,19,21-25,27,29-30H,10H2,1-2H3/t19-,21-,22+,23-,24-/m0/s1. The van der Waals surface area contributed by atoms with Gasteiger partial charge >= 0.3 is 5.97 Å². The predicted octanol–water partition coefficient (Wildman–Crippen LogP) is 0.924. The van der Waals surface area contributed by atoms with Crippen LogP contribution in [0.25, 0.3) is 22.3 Å². The number of phenolic OH excluding ortho intramolecular Hbond substituents is 1. The largest absolute Gasteiger partial charge is 0.507 e. The molecule has 35 heavy (non-hydrogen) atoms. The number of carbonyl (C=O) groups is 1. The smallest absolute Gasteiger partial charge is 0.303 e. The summed E-state index contributed by atoms with van der Waals surface area (Å²) in [6, 6.07) is 10.5. The number of phenols is 1. The molecule has 1 saturated heterocycles. The van der Waals surface area contributed by atoms with E-state index >= 15 is 0 Å². The van der Waals surface area contributed by atoms with Crippen molar-refractivity contribution in [3.8, 4) is 28.6 Å². The Morgan fingerprint density at radius 1 is 1.06 bits per heavy atom. The molecule has 4 N–H and O–H groups in total. The molecule has 0 spiro atoms. The minimum atomic E-state index is -1.62. The van der Waals surface area contributed by atoms with Crippen LogP contribution in [0.2, 0.25) is 0 Å². The lowest BCUT2D eigenvalue weighted by atomic mass is 9.99. The summed E-state index contributed by atoms with van der Waals surface area (Å²) in [7, 11) is 1.53. The van der Waals surface area contributed by atoms with E-state index in [1.54, 1.807) is 24.3 Å². The fourth-order valence-corrected chi connectivity index (χ4v) is 3.81. The van der Waals surface area contributed by atoms with Gasteiger partial charge < -0.3 is 43.8 Å². The van der Waals surface area contributed by atoms with Crippen LogP contribution in [0.15, 0.2) is 51.7 Å². The second-order valence-electron chi connectivity index (χ2n) is 7.92. The Morgan fingerprint density at radius 2 is 1.77 bits per heavy atom. The number of esters is 1. The third kappa shape index (κ3) is 4.93. The molecule has 0 amide bonds. The van der Waals surface area contributed by atoms with E-state index < -0.39 is 54.5 Å². The molecule has 5 atom stereocenters. The molecule has 11 nitrogen and oxygen atoms in total. The van der Waals surface area contributed by atoms with E-state index in [1.165, 1.54) is 19.2 Å². The highest BCUT2D eigenvalue weighted by Gasteiger charge is 2.47. The van der Waals surface area contributed by atoms with Crippen LogP contribution in [-0.4, -0.2) is 70.8 Å². The number of ether oxygens (including phenoxy) is 4. The average molecular weight is 488 g/mol. The summed E-state index contributed by atoms with van der Waals surface area (Å²) in [4.78, 5) is 24.2. The number of hydrogen-bond acceptors (Lipinski definition) is 11. The highest BCUT2D eigenvalue weighted by Crippen LogP contribution is 2.34. The lowest BCUT2D eigenvalue weighted by Crippen LogP contribution is -2.61. The summed E-state index contributed by atoms with van der Waals surface area (Å²) in [6.45, 7) is 0.458. The minimum Gasteiger partial charge on any atom is -0.507 e. The molecule has 0 radical (unpaired) electrons. The predicted molar refractivity (Wildman–Crippen MR) is 120 cm³/mol. The average Bonchev–Trinajstić information content (AvgIpc) is 2.83. The second kappa shape index (κ2) is 9.92. The van der Waals surface area contributed by atoms with Crippen LogP contribution in [-0.2, 0) is 14.3 Å². The number of hydrogen-bond donors (Lipinski definition) is 4. The van der Waals surface area contributed by atoms with Crippen LogP contribution >= 0.6 is 0 Å². The number of aliphatic hydroxyl groups excluding tert-OH is 3. The first kappa shape index (κ1) is 24.5. The summed E-state index contributed by atoms with van der Waals surface area (Å²) in [5, 5.41) is 40.4. The van der Waals surface area contributed by atoms with Gasteiger partial charge in [0.1, 0.15) is 52.3 Å². The fourth-order valence-electron chi connectivity index (χ4n) is 3.81. The number of rotatable bonds is 6. The fraction of sp³-hybridized carbons (Fsp3) is 0.333. The van der Waals surface area contributed by atoms with Gasteiger partial charge in [0.15, 0.2) is 11.5 Å². The number of fused-ring (bicyclic) bond motifs is 1. The maximum absolute atomic E-state index is 12.7. The summed E-state index contributed by atoms with van der Waals surface area (Å²) in [6.07, 6.45) is -7.29. The van der Waals surface area contributed by atoms with Gasteiger partial charge in [-0.15, -0.1) is 0 Å². The Balaban J connectivity index is 1.71. The molecule has 11 heteroatoms. The first-order valence-electron chi connectivity index (χ1n) is 10.6. The van der Waals surface area contributed by atoms with Crippen LogP contribution in [0, 0.1) is 0 Å². The molecule has 1 fully saturated rings. The van der Waals surface area contributed by atoms with Crippen molar-refractivity contribution in [2.45, 2.75) is 37.6 Å². The molecule has 1 aliphatic heterocycles. The molecule has 0 saturated carbocycles. The van der Waals surface area contributed by atoms with Crippen molar-refractivity contribution in [3.05, 3.63) is 52.7 Å².